The summed E-state index contributed by atoms with van der Waals surface area (Å²) in [6, 6.07) is 13.5. The molecule has 0 aromatic heterocycles. The van der Waals surface area contributed by atoms with Gasteiger partial charge in [0.05, 0.1) is 19.4 Å². The molecule has 2 aromatic carbocycles. The first-order chi connectivity index (χ1) is 13.6. The predicted molar refractivity (Wildman–Crippen MR) is 108 cm³/mol. The second kappa shape index (κ2) is 9.12. The number of likely N-dealkylation sites (tertiary alicyclic amines) is 1. The zero-order chi connectivity index (χ0) is 19.9. The summed E-state index contributed by atoms with van der Waals surface area (Å²) in [7, 11) is 1.59. The Hall–Kier alpha value is -3.22. The lowest BCUT2D eigenvalue weighted by atomic mass is 10.2. The number of ether oxygens (including phenoxy) is 2. The van der Waals surface area contributed by atoms with Crippen LogP contribution in [-0.2, 0) is 4.79 Å². The van der Waals surface area contributed by atoms with Gasteiger partial charge in [0.2, 0.25) is 5.91 Å². The van der Waals surface area contributed by atoms with Crippen molar-refractivity contribution in [2.24, 2.45) is 0 Å². The van der Waals surface area contributed by atoms with Crippen LogP contribution in [0.5, 0.6) is 11.5 Å². The maximum atomic E-state index is 12.8. The van der Waals surface area contributed by atoms with Crippen LogP contribution in [-0.4, -0.2) is 43.1 Å². The van der Waals surface area contributed by atoms with Gasteiger partial charge in [0, 0.05) is 12.2 Å². The van der Waals surface area contributed by atoms with Crippen LogP contribution in [0.4, 0.5) is 16.2 Å². The quantitative estimate of drug-likeness (QED) is 0.797. The molecule has 1 saturated heterocycles. The summed E-state index contributed by atoms with van der Waals surface area (Å²) in [5.41, 5.74) is 1.26. The molecule has 7 nitrogen and oxygen atoms in total. The Bertz CT molecular complexity index is 823. The van der Waals surface area contributed by atoms with E-state index in [1.807, 2.05) is 25.1 Å². The summed E-state index contributed by atoms with van der Waals surface area (Å²) in [4.78, 5) is 27.1. The van der Waals surface area contributed by atoms with Gasteiger partial charge in [-0.1, -0.05) is 12.1 Å². The van der Waals surface area contributed by atoms with Crippen molar-refractivity contribution in [3.63, 3.8) is 0 Å². The molecule has 0 bridgehead atoms. The number of rotatable bonds is 6. The van der Waals surface area contributed by atoms with Crippen molar-refractivity contribution in [2.45, 2.75) is 25.8 Å². The molecule has 0 spiro atoms. The summed E-state index contributed by atoms with van der Waals surface area (Å²) >= 11 is 0. The van der Waals surface area contributed by atoms with Gasteiger partial charge in [-0.05, 0) is 56.2 Å². The molecule has 3 rings (SSSR count). The SMILES string of the molecule is CCOc1ccccc1NC(=O)C1CCCN1C(=O)Nc1ccc(OC)cc1. The zero-order valence-electron chi connectivity index (χ0n) is 16.1. The largest absolute Gasteiger partial charge is 0.497 e. The number of hydrogen-bond donors (Lipinski definition) is 2. The average molecular weight is 383 g/mol. The summed E-state index contributed by atoms with van der Waals surface area (Å²) in [6.45, 7) is 2.93. The van der Waals surface area contributed by atoms with Gasteiger partial charge in [0.15, 0.2) is 0 Å². The van der Waals surface area contributed by atoms with Crippen LogP contribution in [0.2, 0.25) is 0 Å². The van der Waals surface area contributed by atoms with Gasteiger partial charge >= 0.3 is 6.03 Å². The standard InChI is InChI=1S/C21H25N3O4/c1-3-28-19-9-5-4-7-17(19)23-20(25)18-8-6-14-24(18)21(26)22-15-10-12-16(27-2)13-11-15/h4-5,7,9-13,18H,3,6,8,14H2,1-2H3,(H,22,26)(H,23,25). The summed E-state index contributed by atoms with van der Waals surface area (Å²) in [5.74, 6) is 1.12. The molecule has 0 radical (unpaired) electrons. The fourth-order valence-corrected chi connectivity index (χ4v) is 3.22. The molecule has 148 valence electrons. The van der Waals surface area contributed by atoms with Gasteiger partial charge in [-0.15, -0.1) is 0 Å². The van der Waals surface area contributed by atoms with Crippen molar-refractivity contribution < 1.29 is 19.1 Å². The van der Waals surface area contributed by atoms with E-state index >= 15 is 0 Å². The van der Waals surface area contributed by atoms with E-state index in [4.69, 9.17) is 9.47 Å². The third kappa shape index (κ3) is 4.54. The van der Waals surface area contributed by atoms with Crippen LogP contribution in [0.15, 0.2) is 48.5 Å². The lowest BCUT2D eigenvalue weighted by Crippen LogP contribution is -2.45. The normalized spacial score (nSPS) is 15.8. The van der Waals surface area contributed by atoms with Crippen LogP contribution >= 0.6 is 0 Å². The smallest absolute Gasteiger partial charge is 0.322 e. The monoisotopic (exact) mass is 383 g/mol. The van der Waals surface area contributed by atoms with Crippen LogP contribution in [0.25, 0.3) is 0 Å². The number of methoxy groups -OCH3 is 1. The van der Waals surface area contributed by atoms with E-state index in [1.54, 1.807) is 42.3 Å². The highest BCUT2D eigenvalue weighted by Crippen LogP contribution is 2.26. The lowest BCUT2D eigenvalue weighted by molar-refractivity contribution is -0.119. The van der Waals surface area contributed by atoms with Crippen molar-refractivity contribution in [1.29, 1.82) is 0 Å². The zero-order valence-corrected chi connectivity index (χ0v) is 16.1. The number of urea groups is 1. The van der Waals surface area contributed by atoms with Gasteiger partial charge in [0.25, 0.3) is 0 Å². The molecule has 1 aliphatic heterocycles. The van der Waals surface area contributed by atoms with E-state index in [0.717, 1.165) is 6.42 Å². The number of carbonyl (C=O) groups excluding carboxylic acids is 2. The van der Waals surface area contributed by atoms with Crippen molar-refractivity contribution >= 4 is 23.3 Å². The van der Waals surface area contributed by atoms with E-state index in [1.165, 1.54) is 0 Å². The molecule has 7 heteroatoms. The Morgan fingerprint density at radius 3 is 2.57 bits per heavy atom. The Morgan fingerprint density at radius 2 is 1.86 bits per heavy atom. The average Bonchev–Trinajstić information content (AvgIpc) is 3.20. The van der Waals surface area contributed by atoms with Gasteiger partial charge in [0.1, 0.15) is 17.5 Å². The Morgan fingerprint density at radius 1 is 1.11 bits per heavy atom. The van der Waals surface area contributed by atoms with Crippen molar-refractivity contribution in [2.75, 3.05) is 30.9 Å². The molecule has 0 saturated carbocycles. The molecule has 1 fully saturated rings. The van der Waals surface area contributed by atoms with Gasteiger partial charge in [-0.25, -0.2) is 4.79 Å². The van der Waals surface area contributed by atoms with E-state index in [-0.39, 0.29) is 11.9 Å². The molecule has 1 aliphatic rings. The first kappa shape index (κ1) is 19.5. The molecule has 1 unspecified atom stereocenters. The molecule has 2 N–H and O–H groups in total. The number of anilines is 2. The van der Waals surface area contributed by atoms with E-state index < -0.39 is 6.04 Å². The molecular weight excluding hydrogens is 358 g/mol. The van der Waals surface area contributed by atoms with Gasteiger partial charge in [-0.3, -0.25) is 4.79 Å². The highest BCUT2D eigenvalue weighted by molar-refractivity contribution is 6.00. The molecule has 1 atom stereocenters. The highest BCUT2D eigenvalue weighted by atomic mass is 16.5. The van der Waals surface area contributed by atoms with Crippen molar-refractivity contribution in [1.82, 2.24) is 4.90 Å². The maximum absolute atomic E-state index is 12.8. The maximum Gasteiger partial charge on any atom is 0.322 e. The summed E-state index contributed by atoms with van der Waals surface area (Å²) in [6.07, 6.45) is 1.40. The number of benzene rings is 2. The van der Waals surface area contributed by atoms with Crippen LogP contribution in [0.3, 0.4) is 0 Å². The van der Waals surface area contributed by atoms with Crippen molar-refractivity contribution in [3.05, 3.63) is 48.5 Å². The molecule has 1 heterocycles. The second-order valence-corrected chi connectivity index (χ2v) is 6.43. The van der Waals surface area contributed by atoms with E-state index in [2.05, 4.69) is 10.6 Å². The third-order valence-corrected chi connectivity index (χ3v) is 4.60. The number of amides is 3. The Balaban J connectivity index is 1.66. The number of hydrogen-bond acceptors (Lipinski definition) is 4. The van der Waals surface area contributed by atoms with Crippen LogP contribution in [0, 0.1) is 0 Å². The van der Waals surface area contributed by atoms with E-state index in [9.17, 15) is 9.59 Å². The lowest BCUT2D eigenvalue weighted by Gasteiger charge is -2.24. The second-order valence-electron chi connectivity index (χ2n) is 6.43. The van der Waals surface area contributed by atoms with Gasteiger partial charge < -0.3 is 25.0 Å². The molecule has 28 heavy (non-hydrogen) atoms. The first-order valence-electron chi connectivity index (χ1n) is 9.36. The minimum Gasteiger partial charge on any atom is -0.497 e. The fourth-order valence-electron chi connectivity index (χ4n) is 3.22. The molecule has 0 aliphatic carbocycles. The minimum absolute atomic E-state index is 0.213. The van der Waals surface area contributed by atoms with Crippen LogP contribution in [0.1, 0.15) is 19.8 Å². The number of nitrogens with one attached hydrogen (secondary N) is 2. The molecule has 2 aromatic rings. The highest BCUT2D eigenvalue weighted by Gasteiger charge is 2.34. The number of nitrogens with zero attached hydrogens (tertiary/aromatic N) is 1. The summed E-state index contributed by atoms with van der Waals surface area (Å²) in [5, 5.41) is 5.74. The predicted octanol–water partition coefficient (Wildman–Crippen LogP) is 3.73. The number of carbonyl (C=O) groups is 2. The summed E-state index contributed by atoms with van der Waals surface area (Å²) < 4.78 is 10.7. The Kier molecular flexibility index (Phi) is 6.37. The number of para-hydroxylation sites is 2. The van der Waals surface area contributed by atoms with Crippen molar-refractivity contribution in [3.8, 4) is 11.5 Å². The minimum atomic E-state index is -0.520. The van der Waals surface area contributed by atoms with Crippen LogP contribution < -0.4 is 20.1 Å². The molecular formula is C21H25N3O4. The first-order valence-corrected chi connectivity index (χ1v) is 9.36. The topological polar surface area (TPSA) is 79.9 Å². The molecule has 3 amide bonds. The van der Waals surface area contributed by atoms with Gasteiger partial charge in [-0.2, -0.15) is 0 Å². The third-order valence-electron chi connectivity index (χ3n) is 4.60. The van der Waals surface area contributed by atoms with E-state index in [0.29, 0.717) is 42.4 Å². The Labute approximate surface area is 164 Å². The fraction of sp³-hybridized carbons (Fsp3) is 0.333.